The predicted octanol–water partition coefficient (Wildman–Crippen LogP) is 2.97. The van der Waals surface area contributed by atoms with E-state index in [1.807, 2.05) is 42.6 Å². The van der Waals surface area contributed by atoms with Gasteiger partial charge in [-0.25, -0.2) is 14.3 Å². The summed E-state index contributed by atoms with van der Waals surface area (Å²) in [5.41, 5.74) is 4.42. The number of rotatable bonds is 8. The first-order chi connectivity index (χ1) is 13.4. The molecule has 0 saturated carbocycles. The summed E-state index contributed by atoms with van der Waals surface area (Å²) in [5, 5.41) is 17.4. The number of nitrogens with zero attached hydrogens (tertiary/aromatic N) is 3. The highest BCUT2D eigenvalue weighted by Crippen LogP contribution is 2.22. The van der Waals surface area contributed by atoms with Gasteiger partial charge in [0.2, 0.25) is 5.91 Å². The summed E-state index contributed by atoms with van der Waals surface area (Å²) in [7, 11) is 0. The normalized spacial score (nSPS) is 12.2. The van der Waals surface area contributed by atoms with Gasteiger partial charge in [0.05, 0.1) is 5.52 Å². The van der Waals surface area contributed by atoms with Crippen LogP contribution in [0.25, 0.3) is 16.6 Å². The molecule has 0 aliphatic rings. The molecule has 1 unspecified atom stereocenters. The Morgan fingerprint density at radius 3 is 2.79 bits per heavy atom. The van der Waals surface area contributed by atoms with Crippen LogP contribution in [0.1, 0.15) is 36.2 Å². The SMILES string of the molecule is C=CCCC(NC(=O)CCc1c(C)nc2c3ccccc3nn2c1C)C(=O)O. The number of fused-ring (bicyclic) bond motifs is 3. The number of hydrogen-bond donors (Lipinski definition) is 2. The van der Waals surface area contributed by atoms with Crippen LogP contribution >= 0.6 is 0 Å². The number of amides is 1. The van der Waals surface area contributed by atoms with Crippen LogP contribution in [-0.2, 0) is 16.0 Å². The minimum absolute atomic E-state index is 0.188. The van der Waals surface area contributed by atoms with Gasteiger partial charge < -0.3 is 10.4 Å². The van der Waals surface area contributed by atoms with Crippen molar-refractivity contribution in [1.82, 2.24) is 19.9 Å². The number of carboxylic acids is 1. The Kier molecular flexibility index (Phi) is 5.73. The highest BCUT2D eigenvalue weighted by Gasteiger charge is 2.20. The molecule has 2 aromatic heterocycles. The molecule has 0 radical (unpaired) electrons. The third-order valence-corrected chi connectivity index (χ3v) is 4.91. The van der Waals surface area contributed by atoms with Crippen molar-refractivity contribution < 1.29 is 14.7 Å². The molecule has 28 heavy (non-hydrogen) atoms. The monoisotopic (exact) mass is 380 g/mol. The molecule has 0 aliphatic heterocycles. The molecule has 1 atom stereocenters. The molecule has 0 aliphatic carbocycles. The van der Waals surface area contributed by atoms with Crippen molar-refractivity contribution in [1.29, 1.82) is 0 Å². The van der Waals surface area contributed by atoms with Crippen LogP contribution in [0.2, 0.25) is 0 Å². The molecule has 1 aromatic carbocycles. The maximum absolute atomic E-state index is 12.3. The van der Waals surface area contributed by atoms with E-state index >= 15 is 0 Å². The van der Waals surface area contributed by atoms with Gasteiger partial charge in [0, 0.05) is 23.2 Å². The molecular weight excluding hydrogens is 356 g/mol. The predicted molar refractivity (Wildman–Crippen MR) is 107 cm³/mol. The third-order valence-electron chi connectivity index (χ3n) is 4.91. The van der Waals surface area contributed by atoms with Gasteiger partial charge in [-0.1, -0.05) is 18.2 Å². The highest BCUT2D eigenvalue weighted by molar-refractivity contribution is 5.92. The summed E-state index contributed by atoms with van der Waals surface area (Å²) in [6, 6.07) is 6.94. The standard InChI is InChI=1S/C21H24N4O3/c1-4-5-9-18(21(27)28)23-19(26)12-11-15-13(2)22-20-16-8-6-7-10-17(16)24-25(20)14(15)3/h4,6-8,10,18H,1,5,9,11-12H2,2-3H3,(H,23,26)(H,27,28). The summed E-state index contributed by atoms with van der Waals surface area (Å²) >= 11 is 0. The molecule has 7 heteroatoms. The first kappa shape index (κ1) is 19.5. The van der Waals surface area contributed by atoms with E-state index in [4.69, 9.17) is 4.98 Å². The van der Waals surface area contributed by atoms with Gasteiger partial charge in [-0.2, -0.15) is 5.10 Å². The van der Waals surface area contributed by atoms with E-state index in [2.05, 4.69) is 17.0 Å². The van der Waals surface area contributed by atoms with Crippen LogP contribution in [0.4, 0.5) is 0 Å². The Morgan fingerprint density at radius 2 is 2.07 bits per heavy atom. The molecule has 3 aromatic rings. The summed E-state index contributed by atoms with van der Waals surface area (Å²) in [6.45, 7) is 7.47. The second-order valence-electron chi connectivity index (χ2n) is 6.84. The number of allylic oxidation sites excluding steroid dienone is 1. The van der Waals surface area contributed by atoms with Crippen LogP contribution in [0.5, 0.6) is 0 Å². The number of hydrogen-bond acceptors (Lipinski definition) is 4. The molecule has 0 fully saturated rings. The molecule has 0 bridgehead atoms. The van der Waals surface area contributed by atoms with Gasteiger partial charge in [0.15, 0.2) is 5.65 Å². The number of carboxylic acid groups (broad SMARTS) is 1. The average Bonchev–Trinajstić information content (AvgIpc) is 3.03. The van der Waals surface area contributed by atoms with E-state index in [-0.39, 0.29) is 12.3 Å². The van der Waals surface area contributed by atoms with E-state index in [1.54, 1.807) is 6.08 Å². The van der Waals surface area contributed by atoms with Crippen LogP contribution in [0.15, 0.2) is 36.9 Å². The highest BCUT2D eigenvalue weighted by atomic mass is 16.4. The summed E-state index contributed by atoms with van der Waals surface area (Å²) < 4.78 is 1.81. The van der Waals surface area contributed by atoms with Gasteiger partial charge in [-0.15, -0.1) is 6.58 Å². The zero-order chi connectivity index (χ0) is 20.3. The molecular formula is C21H24N4O3. The van der Waals surface area contributed by atoms with E-state index in [0.29, 0.717) is 19.3 Å². The Bertz CT molecular complexity index is 1050. The quantitative estimate of drug-likeness (QED) is 0.586. The van der Waals surface area contributed by atoms with Crippen molar-refractivity contribution >= 4 is 28.4 Å². The Balaban J connectivity index is 1.78. The molecule has 2 N–H and O–H groups in total. The summed E-state index contributed by atoms with van der Waals surface area (Å²) in [4.78, 5) is 28.3. The zero-order valence-electron chi connectivity index (χ0n) is 16.1. The van der Waals surface area contributed by atoms with Crippen LogP contribution in [0.3, 0.4) is 0 Å². The van der Waals surface area contributed by atoms with Crippen molar-refractivity contribution in [3.63, 3.8) is 0 Å². The first-order valence-corrected chi connectivity index (χ1v) is 9.29. The average molecular weight is 380 g/mol. The molecule has 7 nitrogen and oxygen atoms in total. The van der Waals surface area contributed by atoms with Crippen molar-refractivity contribution in [2.24, 2.45) is 0 Å². The largest absolute Gasteiger partial charge is 0.480 e. The second kappa shape index (κ2) is 8.21. The molecule has 2 heterocycles. The van der Waals surface area contributed by atoms with Crippen molar-refractivity contribution in [3.8, 4) is 0 Å². The van der Waals surface area contributed by atoms with Crippen LogP contribution in [0, 0.1) is 13.8 Å². The Morgan fingerprint density at radius 1 is 1.32 bits per heavy atom. The number of carbonyl (C=O) groups excluding carboxylic acids is 1. The first-order valence-electron chi connectivity index (χ1n) is 9.29. The molecule has 0 spiro atoms. The number of benzene rings is 1. The van der Waals surface area contributed by atoms with Gasteiger partial charge in [0.25, 0.3) is 0 Å². The smallest absolute Gasteiger partial charge is 0.326 e. The lowest BCUT2D eigenvalue weighted by Crippen LogP contribution is -2.40. The number of aromatic nitrogens is 3. The topological polar surface area (TPSA) is 96.6 Å². The van der Waals surface area contributed by atoms with Crippen molar-refractivity contribution in [2.45, 2.75) is 45.6 Å². The summed E-state index contributed by atoms with van der Waals surface area (Å²) in [5.74, 6) is -1.32. The maximum atomic E-state index is 12.3. The Labute approximate surface area is 163 Å². The molecule has 3 rings (SSSR count). The molecule has 146 valence electrons. The number of nitrogens with one attached hydrogen (secondary N) is 1. The Hall–Kier alpha value is -3.22. The fourth-order valence-corrected chi connectivity index (χ4v) is 3.39. The van der Waals surface area contributed by atoms with Crippen molar-refractivity contribution in [2.75, 3.05) is 0 Å². The van der Waals surface area contributed by atoms with Gasteiger partial charge in [0.1, 0.15) is 6.04 Å². The van der Waals surface area contributed by atoms with E-state index in [9.17, 15) is 14.7 Å². The minimum atomic E-state index is -1.03. The zero-order valence-corrected chi connectivity index (χ0v) is 16.1. The number of aliphatic carboxylic acids is 1. The van der Waals surface area contributed by atoms with Gasteiger partial charge >= 0.3 is 5.97 Å². The lowest BCUT2D eigenvalue weighted by Gasteiger charge is -2.15. The maximum Gasteiger partial charge on any atom is 0.326 e. The molecule has 1 amide bonds. The second-order valence-corrected chi connectivity index (χ2v) is 6.84. The van der Waals surface area contributed by atoms with E-state index in [1.165, 1.54) is 0 Å². The fraction of sp³-hybridized carbons (Fsp3) is 0.333. The lowest BCUT2D eigenvalue weighted by atomic mass is 10.1. The molecule has 0 saturated heterocycles. The number of aryl methyl sites for hydroxylation is 2. The van der Waals surface area contributed by atoms with Crippen molar-refractivity contribution in [3.05, 3.63) is 53.9 Å². The van der Waals surface area contributed by atoms with E-state index in [0.717, 1.165) is 33.5 Å². The summed E-state index contributed by atoms with van der Waals surface area (Å²) in [6.07, 6.45) is 3.16. The minimum Gasteiger partial charge on any atom is -0.480 e. The third kappa shape index (κ3) is 3.88. The van der Waals surface area contributed by atoms with Crippen LogP contribution in [-0.4, -0.2) is 37.6 Å². The van der Waals surface area contributed by atoms with Gasteiger partial charge in [-0.05, 0) is 50.8 Å². The van der Waals surface area contributed by atoms with Crippen LogP contribution < -0.4 is 5.32 Å². The van der Waals surface area contributed by atoms with Gasteiger partial charge in [-0.3, -0.25) is 4.79 Å². The lowest BCUT2D eigenvalue weighted by molar-refractivity contribution is -0.142. The van der Waals surface area contributed by atoms with E-state index < -0.39 is 12.0 Å². The fourth-order valence-electron chi connectivity index (χ4n) is 3.39. The number of carbonyl (C=O) groups is 2.